The fourth-order valence-electron chi connectivity index (χ4n) is 1.35. The molecule has 0 bridgehead atoms. The summed E-state index contributed by atoms with van der Waals surface area (Å²) in [5.74, 6) is -0.635. The number of carbonyl (C=O) groups is 2. The molecular formula is C11H22N2O5S. The highest BCUT2D eigenvalue weighted by molar-refractivity contribution is 7.84. The molecule has 0 heterocycles. The molecule has 3 atom stereocenters. The van der Waals surface area contributed by atoms with E-state index in [2.05, 4.69) is 10.6 Å². The first-order valence-electron chi connectivity index (χ1n) is 5.91. The molecule has 7 nitrogen and oxygen atoms in total. The number of carbonyl (C=O) groups excluding carboxylic acids is 1. The Morgan fingerprint density at radius 1 is 1.42 bits per heavy atom. The predicted molar refractivity (Wildman–Crippen MR) is 72.4 cm³/mol. The quantitative estimate of drug-likeness (QED) is 0.489. The van der Waals surface area contributed by atoms with Crippen LogP contribution in [0.3, 0.4) is 0 Å². The molecular weight excluding hydrogens is 272 g/mol. The number of hydrogen-bond acceptors (Lipinski definition) is 4. The standard InChI is InChI=1S/C11H22N2O5S/c1-8(4-5-19(3)18)13-10(16)12-7-11(2,17)6-9(14)15/h8,17H,4-7H2,1-3H3,(H,14,15)(H2,12,13,16). The number of nitrogens with one attached hydrogen (secondary N) is 2. The van der Waals surface area contributed by atoms with Crippen molar-refractivity contribution in [2.75, 3.05) is 18.6 Å². The Bertz CT molecular complexity index is 346. The maximum atomic E-state index is 11.5. The molecule has 3 unspecified atom stereocenters. The van der Waals surface area contributed by atoms with Crippen molar-refractivity contribution >= 4 is 22.8 Å². The molecule has 0 rings (SSSR count). The molecule has 0 saturated carbocycles. The summed E-state index contributed by atoms with van der Waals surface area (Å²) in [5.41, 5.74) is -1.49. The Morgan fingerprint density at radius 2 is 2.00 bits per heavy atom. The Balaban J connectivity index is 3.98. The largest absolute Gasteiger partial charge is 0.481 e. The van der Waals surface area contributed by atoms with Crippen molar-refractivity contribution in [3.05, 3.63) is 0 Å². The van der Waals surface area contributed by atoms with Crippen LogP contribution in [0.2, 0.25) is 0 Å². The molecule has 0 spiro atoms. The van der Waals surface area contributed by atoms with Crippen LogP contribution in [-0.4, -0.2) is 56.6 Å². The third-order valence-corrected chi connectivity index (χ3v) is 3.19. The third-order valence-electron chi connectivity index (χ3n) is 2.38. The van der Waals surface area contributed by atoms with Gasteiger partial charge < -0.3 is 20.8 Å². The summed E-state index contributed by atoms with van der Waals surface area (Å²) in [4.78, 5) is 21.9. The molecule has 0 fully saturated rings. The SMILES string of the molecule is CC(CCS(C)=O)NC(=O)NCC(C)(O)CC(=O)O. The van der Waals surface area contributed by atoms with Crippen molar-refractivity contribution in [2.45, 2.75) is 38.3 Å². The highest BCUT2D eigenvalue weighted by atomic mass is 32.2. The molecule has 0 aromatic carbocycles. The van der Waals surface area contributed by atoms with Crippen LogP contribution >= 0.6 is 0 Å². The monoisotopic (exact) mass is 294 g/mol. The number of aliphatic carboxylic acids is 1. The van der Waals surface area contributed by atoms with Crippen LogP contribution in [0.4, 0.5) is 4.79 Å². The zero-order valence-electron chi connectivity index (χ0n) is 11.4. The lowest BCUT2D eigenvalue weighted by atomic mass is 10.0. The van der Waals surface area contributed by atoms with E-state index in [1.165, 1.54) is 6.92 Å². The van der Waals surface area contributed by atoms with Gasteiger partial charge in [0.15, 0.2) is 0 Å². The lowest BCUT2D eigenvalue weighted by Gasteiger charge is -2.22. The van der Waals surface area contributed by atoms with Gasteiger partial charge in [-0.1, -0.05) is 0 Å². The molecule has 0 saturated heterocycles. The summed E-state index contributed by atoms with van der Waals surface area (Å²) in [5, 5.41) is 23.3. The molecule has 0 aromatic heterocycles. The minimum Gasteiger partial charge on any atom is -0.481 e. The summed E-state index contributed by atoms with van der Waals surface area (Å²) < 4.78 is 10.9. The highest BCUT2D eigenvalue weighted by Crippen LogP contribution is 2.07. The van der Waals surface area contributed by atoms with E-state index in [-0.39, 0.29) is 12.6 Å². The zero-order chi connectivity index (χ0) is 15.1. The summed E-state index contributed by atoms with van der Waals surface area (Å²) in [6.07, 6.45) is 1.73. The van der Waals surface area contributed by atoms with Gasteiger partial charge in [-0.25, -0.2) is 4.79 Å². The molecule has 0 radical (unpaired) electrons. The van der Waals surface area contributed by atoms with E-state index < -0.39 is 34.8 Å². The zero-order valence-corrected chi connectivity index (χ0v) is 12.2. The van der Waals surface area contributed by atoms with Gasteiger partial charge in [0.25, 0.3) is 0 Å². The fourth-order valence-corrected chi connectivity index (χ4v) is 2.03. The highest BCUT2D eigenvalue weighted by Gasteiger charge is 2.24. The molecule has 0 aromatic rings. The van der Waals surface area contributed by atoms with Crippen molar-refractivity contribution in [1.82, 2.24) is 10.6 Å². The summed E-state index contributed by atoms with van der Waals surface area (Å²) >= 11 is 0. The molecule has 0 aliphatic heterocycles. The Hall–Kier alpha value is -1.15. The van der Waals surface area contributed by atoms with E-state index in [4.69, 9.17) is 5.11 Å². The minimum atomic E-state index is -1.49. The van der Waals surface area contributed by atoms with E-state index in [0.29, 0.717) is 12.2 Å². The van der Waals surface area contributed by atoms with E-state index in [1.54, 1.807) is 13.2 Å². The third kappa shape index (κ3) is 10.5. The normalized spacial score (nSPS) is 17.1. The second-order valence-corrected chi connectivity index (χ2v) is 6.42. The van der Waals surface area contributed by atoms with Gasteiger partial charge in [0.2, 0.25) is 0 Å². The Labute approximate surface area is 115 Å². The Morgan fingerprint density at radius 3 is 2.47 bits per heavy atom. The molecule has 8 heteroatoms. The van der Waals surface area contributed by atoms with Gasteiger partial charge in [-0.15, -0.1) is 0 Å². The molecule has 19 heavy (non-hydrogen) atoms. The lowest BCUT2D eigenvalue weighted by molar-refractivity contribution is -0.141. The van der Waals surface area contributed by atoms with Gasteiger partial charge in [0.05, 0.1) is 12.0 Å². The maximum absolute atomic E-state index is 11.5. The summed E-state index contributed by atoms with van der Waals surface area (Å²) in [6, 6.07) is -0.631. The summed E-state index contributed by atoms with van der Waals surface area (Å²) in [7, 11) is -0.902. The topological polar surface area (TPSA) is 116 Å². The number of rotatable bonds is 8. The second-order valence-electron chi connectivity index (χ2n) is 4.86. The number of amides is 2. The van der Waals surface area contributed by atoms with Crippen LogP contribution in [0, 0.1) is 0 Å². The van der Waals surface area contributed by atoms with Crippen molar-refractivity contribution in [1.29, 1.82) is 0 Å². The summed E-state index contributed by atoms with van der Waals surface area (Å²) in [6.45, 7) is 2.96. The average molecular weight is 294 g/mol. The Kier molecular flexibility index (Phi) is 7.62. The minimum absolute atomic E-state index is 0.145. The van der Waals surface area contributed by atoms with Crippen molar-refractivity contribution in [3.63, 3.8) is 0 Å². The van der Waals surface area contributed by atoms with E-state index in [0.717, 1.165) is 0 Å². The van der Waals surface area contributed by atoms with E-state index in [1.807, 2.05) is 0 Å². The molecule has 4 N–H and O–H groups in total. The van der Waals surface area contributed by atoms with Crippen LogP contribution in [0.25, 0.3) is 0 Å². The number of hydrogen-bond donors (Lipinski definition) is 4. The first-order chi connectivity index (χ1) is 8.62. The number of urea groups is 1. The molecule has 0 aliphatic rings. The fraction of sp³-hybridized carbons (Fsp3) is 0.818. The molecule has 0 aliphatic carbocycles. The van der Waals surface area contributed by atoms with Crippen molar-refractivity contribution in [2.24, 2.45) is 0 Å². The van der Waals surface area contributed by atoms with Gasteiger partial charge in [0, 0.05) is 35.4 Å². The van der Waals surface area contributed by atoms with Crippen LogP contribution in [0.1, 0.15) is 26.7 Å². The van der Waals surface area contributed by atoms with Crippen LogP contribution < -0.4 is 10.6 Å². The molecule has 112 valence electrons. The van der Waals surface area contributed by atoms with Crippen LogP contribution in [-0.2, 0) is 15.6 Å². The lowest BCUT2D eigenvalue weighted by Crippen LogP contribution is -2.48. The predicted octanol–water partition coefficient (Wildman–Crippen LogP) is -0.332. The van der Waals surface area contributed by atoms with Crippen LogP contribution in [0.5, 0.6) is 0 Å². The number of carboxylic acid groups (broad SMARTS) is 1. The van der Waals surface area contributed by atoms with Crippen LogP contribution in [0.15, 0.2) is 0 Å². The van der Waals surface area contributed by atoms with Gasteiger partial charge in [-0.05, 0) is 20.3 Å². The maximum Gasteiger partial charge on any atom is 0.315 e. The number of carboxylic acids is 1. The van der Waals surface area contributed by atoms with E-state index in [9.17, 15) is 18.9 Å². The number of aliphatic hydroxyl groups is 1. The second kappa shape index (κ2) is 8.11. The van der Waals surface area contributed by atoms with Gasteiger partial charge in [0.1, 0.15) is 0 Å². The first kappa shape index (κ1) is 17.8. The van der Waals surface area contributed by atoms with Gasteiger partial charge in [-0.2, -0.15) is 0 Å². The average Bonchev–Trinajstić information content (AvgIpc) is 2.22. The molecule has 2 amide bonds. The van der Waals surface area contributed by atoms with Crippen molar-refractivity contribution < 1.29 is 24.0 Å². The van der Waals surface area contributed by atoms with E-state index >= 15 is 0 Å². The van der Waals surface area contributed by atoms with Gasteiger partial charge >= 0.3 is 12.0 Å². The van der Waals surface area contributed by atoms with Crippen molar-refractivity contribution in [3.8, 4) is 0 Å². The first-order valence-corrected chi connectivity index (χ1v) is 7.63. The van der Waals surface area contributed by atoms with Gasteiger partial charge in [-0.3, -0.25) is 9.00 Å². The smallest absolute Gasteiger partial charge is 0.315 e.